The van der Waals surface area contributed by atoms with Gasteiger partial charge >= 0.3 is 0 Å². The Labute approximate surface area is 183 Å². The molecule has 0 unspecified atom stereocenters. The van der Waals surface area contributed by atoms with Crippen molar-refractivity contribution in [1.29, 1.82) is 0 Å². The summed E-state index contributed by atoms with van der Waals surface area (Å²) in [5, 5.41) is 9.68. The van der Waals surface area contributed by atoms with E-state index in [4.69, 9.17) is 0 Å². The fourth-order valence-corrected chi connectivity index (χ4v) is 3.22. The number of likely N-dealkylation sites (N-methyl/N-ethyl adjacent to an activating group) is 1. The number of aliphatic hydroxyl groups excluding tert-OH is 1. The average Bonchev–Trinajstić information content (AvgIpc) is 3.02. The number of allylic oxidation sites excluding steroid dienone is 2. The summed E-state index contributed by atoms with van der Waals surface area (Å²) in [6, 6.07) is 16.6. The Balaban J connectivity index is 0.00000208. The van der Waals surface area contributed by atoms with E-state index in [9.17, 15) is 5.11 Å². The van der Waals surface area contributed by atoms with Crippen LogP contribution >= 0.6 is 24.8 Å². The van der Waals surface area contributed by atoms with E-state index in [1.165, 1.54) is 22.3 Å². The van der Waals surface area contributed by atoms with Gasteiger partial charge in [0.15, 0.2) is 0 Å². The molecule has 1 aliphatic carbocycles. The molecule has 0 saturated carbocycles. The minimum absolute atomic E-state index is 0. The quantitative estimate of drug-likeness (QED) is 0.684. The Morgan fingerprint density at radius 2 is 1.46 bits per heavy atom. The maximum atomic E-state index is 9.68. The van der Waals surface area contributed by atoms with E-state index in [2.05, 4.69) is 61.5 Å². The summed E-state index contributed by atoms with van der Waals surface area (Å²) in [6.45, 7) is 1.01. The third-order valence-corrected chi connectivity index (χ3v) is 4.25. The van der Waals surface area contributed by atoms with Crippen molar-refractivity contribution >= 4 is 30.4 Å². The standard InChI is InChI=1S/C21H23NO.2ClH.Ti/c1-22(2)14-16-9-7-13-18(16)20-11-5-6-12-21(20)19-10-4-3-8-17(19)15-23;;;/h3-12,23H,13-15H2,1-2H3;2*1H;. The van der Waals surface area contributed by atoms with Crippen LogP contribution in [0.3, 0.4) is 0 Å². The van der Waals surface area contributed by atoms with Crippen LogP contribution < -0.4 is 0 Å². The van der Waals surface area contributed by atoms with Crippen LogP contribution in [0.2, 0.25) is 0 Å². The number of hydrogen-bond acceptors (Lipinski definition) is 2. The van der Waals surface area contributed by atoms with E-state index in [1.54, 1.807) is 0 Å². The summed E-state index contributed by atoms with van der Waals surface area (Å²) in [6.07, 6.45) is 5.45. The molecule has 0 aliphatic heterocycles. The number of benzene rings is 2. The van der Waals surface area contributed by atoms with Gasteiger partial charge in [-0.1, -0.05) is 60.7 Å². The predicted molar refractivity (Wildman–Crippen MR) is 112 cm³/mol. The molecule has 0 spiro atoms. The van der Waals surface area contributed by atoms with Gasteiger partial charge < -0.3 is 10.0 Å². The molecule has 0 saturated heterocycles. The number of rotatable bonds is 5. The monoisotopic (exact) mass is 425 g/mol. The SMILES string of the molecule is CN(C)CC1=C(c2ccccc2-c2ccccc2CO)CC=C1.Cl.Cl.[Ti]. The van der Waals surface area contributed by atoms with Crippen LogP contribution in [0.4, 0.5) is 0 Å². The zero-order chi connectivity index (χ0) is 16.2. The van der Waals surface area contributed by atoms with Crippen molar-refractivity contribution in [3.05, 3.63) is 77.4 Å². The molecule has 0 radical (unpaired) electrons. The van der Waals surface area contributed by atoms with Crippen molar-refractivity contribution in [3.8, 4) is 11.1 Å². The topological polar surface area (TPSA) is 23.5 Å². The van der Waals surface area contributed by atoms with Crippen LogP contribution in [-0.4, -0.2) is 30.6 Å². The number of hydrogen-bond donors (Lipinski definition) is 1. The molecule has 0 aromatic heterocycles. The molecule has 0 atom stereocenters. The molecule has 0 heterocycles. The van der Waals surface area contributed by atoms with E-state index >= 15 is 0 Å². The normalized spacial score (nSPS) is 12.5. The second kappa shape index (κ2) is 11.8. The first-order valence-electron chi connectivity index (χ1n) is 8.02. The third-order valence-electron chi connectivity index (χ3n) is 4.25. The molecule has 2 nitrogen and oxygen atoms in total. The fourth-order valence-electron chi connectivity index (χ4n) is 3.22. The van der Waals surface area contributed by atoms with Crippen molar-refractivity contribution in [1.82, 2.24) is 4.90 Å². The minimum Gasteiger partial charge on any atom is -0.392 e. The molecule has 26 heavy (non-hydrogen) atoms. The van der Waals surface area contributed by atoms with Crippen molar-refractivity contribution in [3.63, 3.8) is 0 Å². The zero-order valence-corrected chi connectivity index (χ0v) is 18.3. The number of aliphatic hydroxyl groups is 1. The Hall–Kier alpha value is -0.866. The summed E-state index contributed by atoms with van der Waals surface area (Å²) in [5.74, 6) is 0. The summed E-state index contributed by atoms with van der Waals surface area (Å²) in [7, 11) is 4.20. The van der Waals surface area contributed by atoms with Gasteiger partial charge in [-0.3, -0.25) is 0 Å². The van der Waals surface area contributed by atoms with E-state index in [-0.39, 0.29) is 53.1 Å². The largest absolute Gasteiger partial charge is 0.392 e. The van der Waals surface area contributed by atoms with Crippen LogP contribution in [-0.2, 0) is 28.3 Å². The van der Waals surface area contributed by atoms with Gasteiger partial charge in [-0.15, -0.1) is 24.8 Å². The molecule has 0 bridgehead atoms. The average molecular weight is 426 g/mol. The molecule has 2 aromatic carbocycles. The smallest absolute Gasteiger partial charge is 0.0687 e. The molecule has 138 valence electrons. The molecule has 2 aromatic rings. The van der Waals surface area contributed by atoms with E-state index in [0.29, 0.717) is 0 Å². The van der Waals surface area contributed by atoms with Gasteiger partial charge in [-0.25, -0.2) is 0 Å². The maximum Gasteiger partial charge on any atom is 0.0687 e. The number of halogens is 2. The van der Waals surface area contributed by atoms with Crippen molar-refractivity contribution in [2.45, 2.75) is 13.0 Å². The van der Waals surface area contributed by atoms with Crippen molar-refractivity contribution in [2.75, 3.05) is 20.6 Å². The van der Waals surface area contributed by atoms with Crippen LogP contribution in [0, 0.1) is 0 Å². The summed E-state index contributed by atoms with van der Waals surface area (Å²) < 4.78 is 0. The Bertz CT molecular complexity index is 772. The summed E-state index contributed by atoms with van der Waals surface area (Å²) in [5.41, 5.74) is 7.34. The van der Waals surface area contributed by atoms with Crippen molar-refractivity contribution < 1.29 is 26.8 Å². The molecule has 1 aliphatic rings. The molecular weight excluding hydrogens is 401 g/mol. The Morgan fingerprint density at radius 1 is 0.885 bits per heavy atom. The second-order valence-electron chi connectivity index (χ2n) is 6.21. The van der Waals surface area contributed by atoms with Crippen LogP contribution in [0.5, 0.6) is 0 Å². The van der Waals surface area contributed by atoms with Crippen LogP contribution in [0.15, 0.2) is 66.3 Å². The molecule has 0 amide bonds. The van der Waals surface area contributed by atoms with Gasteiger partial charge in [-0.2, -0.15) is 0 Å². The van der Waals surface area contributed by atoms with Gasteiger partial charge in [0.25, 0.3) is 0 Å². The zero-order valence-electron chi connectivity index (χ0n) is 15.1. The first kappa shape index (κ1) is 25.1. The molecular formula is C21H25Cl2NOTi. The molecule has 3 rings (SSSR count). The molecule has 1 N–H and O–H groups in total. The molecule has 0 fully saturated rings. The van der Waals surface area contributed by atoms with Gasteiger partial charge in [0.1, 0.15) is 0 Å². The van der Waals surface area contributed by atoms with E-state index < -0.39 is 0 Å². The molecule has 5 heteroatoms. The first-order chi connectivity index (χ1) is 11.2. The van der Waals surface area contributed by atoms with E-state index in [1.807, 2.05) is 18.2 Å². The van der Waals surface area contributed by atoms with Gasteiger partial charge in [-0.05, 0) is 53.9 Å². The summed E-state index contributed by atoms with van der Waals surface area (Å²) >= 11 is 0. The first-order valence-corrected chi connectivity index (χ1v) is 8.02. The van der Waals surface area contributed by atoms with Crippen LogP contribution in [0.25, 0.3) is 16.7 Å². The number of nitrogens with zero attached hydrogens (tertiary/aromatic N) is 1. The van der Waals surface area contributed by atoms with Crippen molar-refractivity contribution in [2.24, 2.45) is 0 Å². The summed E-state index contributed by atoms with van der Waals surface area (Å²) in [4.78, 5) is 2.20. The maximum absolute atomic E-state index is 9.68. The van der Waals surface area contributed by atoms with Gasteiger partial charge in [0, 0.05) is 28.3 Å². The van der Waals surface area contributed by atoms with Crippen LogP contribution in [0.1, 0.15) is 17.5 Å². The van der Waals surface area contributed by atoms with Gasteiger partial charge in [0.05, 0.1) is 6.61 Å². The van der Waals surface area contributed by atoms with E-state index in [0.717, 1.165) is 24.1 Å². The van der Waals surface area contributed by atoms with Gasteiger partial charge in [0.2, 0.25) is 0 Å². The minimum atomic E-state index is 0. The Morgan fingerprint density at radius 3 is 2.08 bits per heavy atom. The Kier molecular flexibility index (Phi) is 11.4. The second-order valence-corrected chi connectivity index (χ2v) is 6.21. The fraction of sp³-hybridized carbons (Fsp3) is 0.238. The third kappa shape index (κ3) is 5.56. The predicted octanol–water partition coefficient (Wildman–Crippen LogP) is 4.96.